The summed E-state index contributed by atoms with van der Waals surface area (Å²) >= 11 is 0. The Labute approximate surface area is 100 Å². The summed E-state index contributed by atoms with van der Waals surface area (Å²) in [4.78, 5) is 4.51. The molecule has 0 amide bonds. The van der Waals surface area contributed by atoms with E-state index in [4.69, 9.17) is 5.73 Å². The van der Waals surface area contributed by atoms with Crippen LogP contribution in [0.5, 0.6) is 0 Å². The summed E-state index contributed by atoms with van der Waals surface area (Å²) in [5.41, 5.74) is 7.94. The van der Waals surface area contributed by atoms with Crippen molar-refractivity contribution in [2.45, 2.75) is 31.6 Å². The number of anilines is 1. The minimum Gasteiger partial charge on any atom is -0.399 e. The van der Waals surface area contributed by atoms with Crippen LogP contribution in [0, 0.1) is 0 Å². The molecule has 1 aliphatic rings. The van der Waals surface area contributed by atoms with Crippen LogP contribution >= 0.6 is 0 Å². The molecule has 0 bridgehead atoms. The van der Waals surface area contributed by atoms with Gasteiger partial charge in [0.2, 0.25) is 0 Å². The van der Waals surface area contributed by atoms with E-state index in [1.54, 1.807) is 0 Å². The molecule has 1 aliphatic carbocycles. The summed E-state index contributed by atoms with van der Waals surface area (Å²) in [7, 11) is 0. The van der Waals surface area contributed by atoms with E-state index in [0.29, 0.717) is 5.92 Å². The number of H-pyrrole nitrogens is 1. The number of nitrogens with zero attached hydrogens (tertiary/aromatic N) is 2. The first-order valence-electron chi connectivity index (χ1n) is 6.07. The SMILES string of the molecule is Nc1ccccc1CCc1nc(C2CC2)n[nH]1. The van der Waals surface area contributed by atoms with Crippen molar-refractivity contribution in [1.82, 2.24) is 15.2 Å². The molecule has 1 aromatic carbocycles. The van der Waals surface area contributed by atoms with Crippen LogP contribution in [0.4, 0.5) is 5.69 Å². The third-order valence-corrected chi connectivity index (χ3v) is 3.18. The maximum Gasteiger partial charge on any atom is 0.153 e. The van der Waals surface area contributed by atoms with Gasteiger partial charge in [-0.25, -0.2) is 4.98 Å². The highest BCUT2D eigenvalue weighted by atomic mass is 15.2. The van der Waals surface area contributed by atoms with Crippen molar-refractivity contribution in [1.29, 1.82) is 0 Å². The quantitative estimate of drug-likeness (QED) is 0.787. The van der Waals surface area contributed by atoms with E-state index in [-0.39, 0.29) is 0 Å². The van der Waals surface area contributed by atoms with E-state index in [0.717, 1.165) is 30.2 Å². The minimum absolute atomic E-state index is 0.613. The van der Waals surface area contributed by atoms with Crippen molar-refractivity contribution in [2.24, 2.45) is 0 Å². The normalized spacial score (nSPS) is 15.1. The zero-order chi connectivity index (χ0) is 11.7. The molecule has 0 spiro atoms. The van der Waals surface area contributed by atoms with Crippen LogP contribution < -0.4 is 5.73 Å². The van der Waals surface area contributed by atoms with Crippen molar-refractivity contribution < 1.29 is 0 Å². The molecule has 4 nitrogen and oxygen atoms in total. The lowest BCUT2D eigenvalue weighted by molar-refractivity contribution is 0.866. The second kappa shape index (κ2) is 4.20. The number of aryl methyl sites for hydroxylation is 2. The molecule has 0 radical (unpaired) electrons. The fourth-order valence-corrected chi connectivity index (χ4v) is 1.96. The van der Waals surface area contributed by atoms with Gasteiger partial charge in [-0.1, -0.05) is 18.2 Å². The van der Waals surface area contributed by atoms with Crippen LogP contribution in [0.25, 0.3) is 0 Å². The number of para-hydroxylation sites is 1. The lowest BCUT2D eigenvalue weighted by Crippen LogP contribution is -1.98. The maximum absolute atomic E-state index is 5.90. The maximum atomic E-state index is 5.90. The van der Waals surface area contributed by atoms with Gasteiger partial charge in [0.1, 0.15) is 5.82 Å². The zero-order valence-electron chi connectivity index (χ0n) is 9.69. The first-order chi connectivity index (χ1) is 8.33. The molecule has 1 aromatic heterocycles. The van der Waals surface area contributed by atoms with E-state index in [1.165, 1.54) is 18.4 Å². The molecule has 88 valence electrons. The number of aromatic nitrogens is 3. The average Bonchev–Trinajstić information content (AvgIpc) is 3.08. The Kier molecular flexibility index (Phi) is 2.55. The monoisotopic (exact) mass is 228 g/mol. The average molecular weight is 228 g/mol. The van der Waals surface area contributed by atoms with Gasteiger partial charge in [0.15, 0.2) is 5.82 Å². The number of benzene rings is 1. The standard InChI is InChI=1S/C13H16N4/c14-11-4-2-1-3-9(11)7-8-12-15-13(17-16-12)10-5-6-10/h1-4,10H,5-8,14H2,(H,15,16,17). The van der Waals surface area contributed by atoms with Crippen molar-refractivity contribution >= 4 is 5.69 Å². The molecular formula is C13H16N4. The first-order valence-corrected chi connectivity index (χ1v) is 6.07. The Balaban J connectivity index is 1.65. The highest BCUT2D eigenvalue weighted by Gasteiger charge is 2.27. The molecule has 2 aromatic rings. The Bertz CT molecular complexity index is 514. The van der Waals surface area contributed by atoms with Gasteiger partial charge >= 0.3 is 0 Å². The summed E-state index contributed by atoms with van der Waals surface area (Å²) in [6.45, 7) is 0. The molecule has 1 heterocycles. The van der Waals surface area contributed by atoms with Gasteiger partial charge in [0, 0.05) is 18.0 Å². The predicted molar refractivity (Wildman–Crippen MR) is 66.6 cm³/mol. The molecule has 4 heteroatoms. The van der Waals surface area contributed by atoms with E-state index >= 15 is 0 Å². The van der Waals surface area contributed by atoms with Crippen LogP contribution in [0.3, 0.4) is 0 Å². The number of hydrogen-bond acceptors (Lipinski definition) is 3. The third kappa shape index (κ3) is 2.30. The summed E-state index contributed by atoms with van der Waals surface area (Å²) in [6.07, 6.45) is 4.26. The van der Waals surface area contributed by atoms with Crippen LogP contribution in [0.1, 0.15) is 36.0 Å². The fourth-order valence-electron chi connectivity index (χ4n) is 1.96. The molecule has 0 atom stereocenters. The molecule has 17 heavy (non-hydrogen) atoms. The molecule has 3 rings (SSSR count). The first kappa shape index (κ1) is 10.3. The minimum atomic E-state index is 0.613. The lowest BCUT2D eigenvalue weighted by Gasteiger charge is -2.02. The van der Waals surface area contributed by atoms with Crippen LogP contribution in [-0.2, 0) is 12.8 Å². The fraction of sp³-hybridized carbons (Fsp3) is 0.385. The molecular weight excluding hydrogens is 212 g/mol. The summed E-state index contributed by atoms with van der Waals surface area (Å²) in [5.74, 6) is 2.57. The van der Waals surface area contributed by atoms with E-state index in [1.807, 2.05) is 18.2 Å². The van der Waals surface area contributed by atoms with Crippen molar-refractivity contribution in [2.75, 3.05) is 5.73 Å². The molecule has 1 saturated carbocycles. The largest absolute Gasteiger partial charge is 0.399 e. The number of nitrogens with one attached hydrogen (secondary N) is 1. The summed E-state index contributed by atoms with van der Waals surface area (Å²) < 4.78 is 0. The molecule has 1 fully saturated rings. The second-order valence-corrected chi connectivity index (χ2v) is 4.61. The Morgan fingerprint density at radius 2 is 2.06 bits per heavy atom. The molecule has 0 saturated heterocycles. The smallest absolute Gasteiger partial charge is 0.153 e. The predicted octanol–water partition coefficient (Wildman–Crippen LogP) is 2.05. The van der Waals surface area contributed by atoms with Gasteiger partial charge in [-0.05, 0) is 30.9 Å². The van der Waals surface area contributed by atoms with Crippen molar-refractivity contribution in [3.8, 4) is 0 Å². The topological polar surface area (TPSA) is 67.6 Å². The van der Waals surface area contributed by atoms with Crippen LogP contribution in [-0.4, -0.2) is 15.2 Å². The highest BCUT2D eigenvalue weighted by Crippen LogP contribution is 2.37. The molecule has 0 unspecified atom stereocenters. The highest BCUT2D eigenvalue weighted by molar-refractivity contribution is 5.46. The third-order valence-electron chi connectivity index (χ3n) is 3.18. The van der Waals surface area contributed by atoms with Gasteiger partial charge < -0.3 is 5.73 Å². The number of aromatic amines is 1. The number of nitrogen functional groups attached to an aromatic ring is 1. The van der Waals surface area contributed by atoms with Gasteiger partial charge in [-0.2, -0.15) is 5.10 Å². The number of hydrogen-bond donors (Lipinski definition) is 2. The molecule has 3 N–H and O–H groups in total. The van der Waals surface area contributed by atoms with E-state index in [2.05, 4.69) is 21.2 Å². The van der Waals surface area contributed by atoms with Gasteiger partial charge in [-0.15, -0.1) is 0 Å². The lowest BCUT2D eigenvalue weighted by atomic mass is 10.1. The Morgan fingerprint density at radius 1 is 1.24 bits per heavy atom. The van der Waals surface area contributed by atoms with Gasteiger partial charge in [0.25, 0.3) is 0 Å². The number of rotatable bonds is 4. The van der Waals surface area contributed by atoms with Crippen molar-refractivity contribution in [3.63, 3.8) is 0 Å². The van der Waals surface area contributed by atoms with Crippen LogP contribution in [0.2, 0.25) is 0 Å². The second-order valence-electron chi connectivity index (χ2n) is 4.61. The van der Waals surface area contributed by atoms with Crippen molar-refractivity contribution in [3.05, 3.63) is 41.5 Å². The van der Waals surface area contributed by atoms with Gasteiger partial charge in [-0.3, -0.25) is 5.10 Å². The van der Waals surface area contributed by atoms with E-state index in [9.17, 15) is 0 Å². The summed E-state index contributed by atoms with van der Waals surface area (Å²) in [6, 6.07) is 7.97. The van der Waals surface area contributed by atoms with Gasteiger partial charge in [0.05, 0.1) is 0 Å². The zero-order valence-corrected chi connectivity index (χ0v) is 9.69. The Morgan fingerprint density at radius 3 is 2.82 bits per heavy atom. The van der Waals surface area contributed by atoms with E-state index < -0.39 is 0 Å². The van der Waals surface area contributed by atoms with Crippen LogP contribution in [0.15, 0.2) is 24.3 Å². The Hall–Kier alpha value is -1.84. The summed E-state index contributed by atoms with van der Waals surface area (Å²) in [5, 5.41) is 7.26. The number of nitrogens with two attached hydrogens (primary N) is 1. The molecule has 0 aliphatic heterocycles.